The molecule has 6 heteroatoms. The second-order valence-electron chi connectivity index (χ2n) is 5.95. The molecule has 2 N–H and O–H groups in total. The van der Waals surface area contributed by atoms with E-state index in [2.05, 4.69) is 17.1 Å². The topological polar surface area (TPSA) is 83.4 Å². The zero-order valence-electron chi connectivity index (χ0n) is 15.3. The van der Waals surface area contributed by atoms with Crippen LogP contribution in [0.25, 0.3) is 11.3 Å². The number of ether oxygens (including phenoxy) is 2. The molecule has 2 heterocycles. The van der Waals surface area contributed by atoms with Gasteiger partial charge in [0.1, 0.15) is 17.3 Å². The number of methoxy groups -OCH3 is 2. The van der Waals surface area contributed by atoms with Crippen LogP contribution in [0.15, 0.2) is 41.1 Å². The van der Waals surface area contributed by atoms with Gasteiger partial charge in [0, 0.05) is 24.2 Å². The summed E-state index contributed by atoms with van der Waals surface area (Å²) in [6.45, 7) is 2.11. The van der Waals surface area contributed by atoms with Crippen LogP contribution >= 0.6 is 0 Å². The van der Waals surface area contributed by atoms with Crippen LogP contribution < -0.4 is 15.2 Å². The van der Waals surface area contributed by atoms with Crippen molar-refractivity contribution in [1.82, 2.24) is 10.1 Å². The Morgan fingerprint density at radius 3 is 2.65 bits per heavy atom. The monoisotopic (exact) mass is 353 g/mol. The molecule has 0 atom stereocenters. The highest BCUT2D eigenvalue weighted by Crippen LogP contribution is 2.37. The van der Waals surface area contributed by atoms with Crippen LogP contribution in [0.5, 0.6) is 11.5 Å². The van der Waals surface area contributed by atoms with Crippen LogP contribution in [-0.2, 0) is 19.3 Å². The van der Waals surface area contributed by atoms with Crippen LogP contribution in [0.4, 0.5) is 5.82 Å². The Morgan fingerprint density at radius 2 is 1.92 bits per heavy atom. The van der Waals surface area contributed by atoms with Crippen molar-refractivity contribution in [2.24, 2.45) is 0 Å². The smallest absolute Gasteiger partial charge is 0.170 e. The molecule has 136 valence electrons. The molecule has 0 aliphatic heterocycles. The van der Waals surface area contributed by atoms with Crippen LogP contribution in [0.1, 0.15) is 23.8 Å². The lowest BCUT2D eigenvalue weighted by Crippen LogP contribution is -2.00. The number of aromatic nitrogens is 2. The quantitative estimate of drug-likeness (QED) is 0.697. The van der Waals surface area contributed by atoms with E-state index in [4.69, 9.17) is 19.7 Å². The Labute approximate surface area is 152 Å². The minimum Gasteiger partial charge on any atom is -0.493 e. The summed E-state index contributed by atoms with van der Waals surface area (Å²) in [7, 11) is 3.23. The van der Waals surface area contributed by atoms with E-state index >= 15 is 0 Å². The van der Waals surface area contributed by atoms with E-state index in [1.165, 1.54) is 11.1 Å². The molecule has 0 aliphatic carbocycles. The first-order chi connectivity index (χ1) is 12.7. The van der Waals surface area contributed by atoms with E-state index in [1.807, 2.05) is 36.5 Å². The van der Waals surface area contributed by atoms with Crippen molar-refractivity contribution in [2.45, 2.75) is 26.2 Å². The van der Waals surface area contributed by atoms with Gasteiger partial charge in [-0.25, -0.2) is 4.98 Å². The third-order valence-electron chi connectivity index (χ3n) is 4.36. The number of nitrogen functional groups attached to an aromatic ring is 1. The minimum absolute atomic E-state index is 0.538. The highest BCUT2D eigenvalue weighted by atomic mass is 16.5. The number of nitrogens with two attached hydrogens (primary N) is 1. The number of benzene rings is 1. The molecular formula is C20H23N3O3. The van der Waals surface area contributed by atoms with E-state index in [-0.39, 0.29) is 0 Å². The maximum atomic E-state index is 5.82. The van der Waals surface area contributed by atoms with E-state index in [9.17, 15) is 0 Å². The zero-order chi connectivity index (χ0) is 18.5. The molecule has 0 spiro atoms. The van der Waals surface area contributed by atoms with Gasteiger partial charge in [0.15, 0.2) is 11.5 Å². The second-order valence-corrected chi connectivity index (χ2v) is 5.95. The summed E-state index contributed by atoms with van der Waals surface area (Å²) in [5, 5.41) is 4.20. The number of aryl methyl sites for hydroxylation is 3. The van der Waals surface area contributed by atoms with Crippen molar-refractivity contribution in [3.63, 3.8) is 0 Å². The molecule has 0 fully saturated rings. The largest absolute Gasteiger partial charge is 0.493 e. The van der Waals surface area contributed by atoms with Crippen molar-refractivity contribution in [3.8, 4) is 22.8 Å². The van der Waals surface area contributed by atoms with Gasteiger partial charge in [0.2, 0.25) is 0 Å². The molecule has 0 unspecified atom stereocenters. The highest BCUT2D eigenvalue weighted by molar-refractivity contribution is 5.71. The molecule has 2 aromatic heterocycles. The fourth-order valence-corrected chi connectivity index (χ4v) is 3.00. The third kappa shape index (κ3) is 3.64. The number of anilines is 1. The Morgan fingerprint density at radius 1 is 1.08 bits per heavy atom. The summed E-state index contributed by atoms with van der Waals surface area (Å²) >= 11 is 0. The molecule has 1 aromatic carbocycles. The molecule has 0 aliphatic rings. The lowest BCUT2D eigenvalue weighted by atomic mass is 10.0. The fourth-order valence-electron chi connectivity index (χ4n) is 3.00. The normalized spacial score (nSPS) is 10.7. The fraction of sp³-hybridized carbons (Fsp3) is 0.300. The predicted octanol–water partition coefficient (Wildman–Crippen LogP) is 3.68. The van der Waals surface area contributed by atoms with E-state index in [1.54, 1.807) is 14.2 Å². The summed E-state index contributed by atoms with van der Waals surface area (Å²) in [4.78, 5) is 4.16. The van der Waals surface area contributed by atoms with Gasteiger partial charge in [-0.3, -0.25) is 0 Å². The molecule has 26 heavy (non-hydrogen) atoms. The molecule has 0 saturated carbocycles. The van der Waals surface area contributed by atoms with Crippen molar-refractivity contribution >= 4 is 5.82 Å². The zero-order valence-corrected chi connectivity index (χ0v) is 15.3. The van der Waals surface area contributed by atoms with Crippen LogP contribution in [0.3, 0.4) is 0 Å². The lowest BCUT2D eigenvalue weighted by molar-refractivity contribution is 0.355. The van der Waals surface area contributed by atoms with Crippen molar-refractivity contribution in [2.75, 3.05) is 20.0 Å². The Balaban J connectivity index is 1.80. The first-order valence-corrected chi connectivity index (χ1v) is 8.56. The number of hydrogen-bond acceptors (Lipinski definition) is 6. The number of hydrogen-bond donors (Lipinski definition) is 1. The number of pyridine rings is 1. The van der Waals surface area contributed by atoms with Gasteiger partial charge in [-0.1, -0.05) is 18.1 Å². The molecule has 3 aromatic rings. The lowest BCUT2D eigenvalue weighted by Gasteiger charge is -2.10. The van der Waals surface area contributed by atoms with Crippen molar-refractivity contribution in [3.05, 3.63) is 53.4 Å². The van der Waals surface area contributed by atoms with Crippen LogP contribution in [0.2, 0.25) is 0 Å². The predicted molar refractivity (Wildman–Crippen MR) is 100 cm³/mol. The standard InChI is InChI=1S/C20H23N3O3/c1-4-13-12-22-19(21)10-14(13)8-9-15-11-17(23-26-15)16-6-5-7-18(24-2)20(16)25-3/h5-7,10-12H,4,8-9H2,1-3H3,(H2,21,22). The summed E-state index contributed by atoms with van der Waals surface area (Å²) in [6.07, 6.45) is 4.32. The van der Waals surface area contributed by atoms with Gasteiger partial charge in [0.05, 0.1) is 14.2 Å². The molecular weight excluding hydrogens is 330 g/mol. The van der Waals surface area contributed by atoms with Gasteiger partial charge in [-0.15, -0.1) is 0 Å². The maximum absolute atomic E-state index is 5.82. The number of rotatable bonds is 7. The third-order valence-corrected chi connectivity index (χ3v) is 4.36. The molecule has 6 nitrogen and oxygen atoms in total. The molecule has 3 rings (SSSR count). The Kier molecular flexibility index (Phi) is 5.41. The summed E-state index contributed by atoms with van der Waals surface area (Å²) in [6, 6.07) is 9.55. The SMILES string of the molecule is CCc1cnc(N)cc1CCc1cc(-c2cccc(OC)c2OC)no1. The van der Waals surface area contributed by atoms with Gasteiger partial charge < -0.3 is 19.7 Å². The van der Waals surface area contributed by atoms with Gasteiger partial charge in [-0.2, -0.15) is 0 Å². The highest BCUT2D eigenvalue weighted by Gasteiger charge is 2.15. The molecule has 0 bridgehead atoms. The molecule has 0 amide bonds. The minimum atomic E-state index is 0.538. The van der Waals surface area contributed by atoms with E-state index in [0.717, 1.165) is 36.3 Å². The summed E-state index contributed by atoms with van der Waals surface area (Å²) in [5.41, 5.74) is 9.77. The molecule has 0 radical (unpaired) electrons. The first-order valence-electron chi connectivity index (χ1n) is 8.56. The number of nitrogens with zero attached hydrogens (tertiary/aromatic N) is 2. The Hall–Kier alpha value is -3.02. The van der Waals surface area contributed by atoms with Crippen molar-refractivity contribution < 1.29 is 14.0 Å². The van der Waals surface area contributed by atoms with E-state index in [0.29, 0.717) is 17.3 Å². The maximum Gasteiger partial charge on any atom is 0.170 e. The van der Waals surface area contributed by atoms with Crippen LogP contribution in [0, 0.1) is 0 Å². The molecule has 0 saturated heterocycles. The van der Waals surface area contributed by atoms with Crippen molar-refractivity contribution in [1.29, 1.82) is 0 Å². The average Bonchev–Trinajstić information content (AvgIpc) is 3.14. The number of para-hydroxylation sites is 1. The van der Waals surface area contributed by atoms with Gasteiger partial charge in [-0.05, 0) is 42.2 Å². The van der Waals surface area contributed by atoms with Crippen LogP contribution in [-0.4, -0.2) is 24.4 Å². The van der Waals surface area contributed by atoms with E-state index < -0.39 is 0 Å². The summed E-state index contributed by atoms with van der Waals surface area (Å²) < 4.78 is 16.3. The first kappa shape index (κ1) is 17.8. The Bertz CT molecular complexity index is 890. The van der Waals surface area contributed by atoms with Gasteiger partial charge >= 0.3 is 0 Å². The second kappa shape index (κ2) is 7.91. The summed E-state index contributed by atoms with van der Waals surface area (Å²) in [5.74, 6) is 2.65. The average molecular weight is 353 g/mol. The van der Waals surface area contributed by atoms with Gasteiger partial charge in [0.25, 0.3) is 0 Å².